The minimum Gasteiger partial charge on any atom is -0.309 e. The van der Waals surface area contributed by atoms with Crippen LogP contribution >= 0.6 is 0 Å². The molecule has 0 aliphatic heterocycles. The third-order valence-electron chi connectivity index (χ3n) is 9.55. The van der Waals surface area contributed by atoms with Crippen molar-refractivity contribution in [1.29, 1.82) is 5.26 Å². The van der Waals surface area contributed by atoms with Crippen LogP contribution in [0.3, 0.4) is 0 Å². The average molecular weight is 666 g/mol. The maximum absolute atomic E-state index is 9.54. The SMILES string of the molecule is Cc1cccc(-c2ccc3c(c2)c2ccccc2n3-c2ccc(-c3ccc(C#N)cc3)c(-c3nc(-c4ccccc4)nc(-c4ccccc4)n3)c2)c1. The molecule has 9 rings (SSSR count). The van der Waals surface area contributed by atoms with Crippen molar-refractivity contribution in [3.63, 3.8) is 0 Å². The molecule has 0 bridgehead atoms. The van der Waals surface area contributed by atoms with Crippen molar-refractivity contribution in [2.75, 3.05) is 0 Å². The highest BCUT2D eigenvalue weighted by molar-refractivity contribution is 6.10. The Hall–Kier alpha value is -7.16. The van der Waals surface area contributed by atoms with Crippen LogP contribution in [0.1, 0.15) is 11.1 Å². The number of hydrogen-bond acceptors (Lipinski definition) is 4. The predicted octanol–water partition coefficient (Wildman–Crippen LogP) is 11.5. The molecule has 244 valence electrons. The van der Waals surface area contributed by atoms with Crippen LogP contribution in [0, 0.1) is 18.3 Å². The number of nitriles is 1. The van der Waals surface area contributed by atoms with E-state index in [0.717, 1.165) is 44.5 Å². The highest BCUT2D eigenvalue weighted by Gasteiger charge is 2.19. The van der Waals surface area contributed by atoms with Crippen molar-refractivity contribution in [2.24, 2.45) is 0 Å². The summed E-state index contributed by atoms with van der Waals surface area (Å²) in [5, 5.41) is 11.9. The Balaban J connectivity index is 1.30. The van der Waals surface area contributed by atoms with Gasteiger partial charge >= 0.3 is 0 Å². The van der Waals surface area contributed by atoms with Gasteiger partial charge in [0.15, 0.2) is 17.5 Å². The van der Waals surface area contributed by atoms with Crippen molar-refractivity contribution in [3.05, 3.63) is 181 Å². The fraction of sp³-hybridized carbons (Fsp3) is 0.0213. The van der Waals surface area contributed by atoms with E-state index in [9.17, 15) is 5.26 Å². The number of aryl methyl sites for hydroxylation is 1. The van der Waals surface area contributed by atoms with E-state index in [4.69, 9.17) is 15.0 Å². The molecule has 5 nitrogen and oxygen atoms in total. The smallest absolute Gasteiger partial charge is 0.164 e. The van der Waals surface area contributed by atoms with Gasteiger partial charge in [-0.3, -0.25) is 0 Å². The number of rotatable bonds is 6. The van der Waals surface area contributed by atoms with E-state index in [1.54, 1.807) is 0 Å². The van der Waals surface area contributed by atoms with Gasteiger partial charge in [-0.25, -0.2) is 15.0 Å². The first-order chi connectivity index (χ1) is 25.6. The summed E-state index contributed by atoms with van der Waals surface area (Å²) < 4.78 is 2.33. The van der Waals surface area contributed by atoms with Gasteiger partial charge in [0.1, 0.15) is 0 Å². The molecule has 0 unspecified atom stereocenters. The molecule has 0 radical (unpaired) electrons. The molecular weight excluding hydrogens is 635 g/mol. The Morgan fingerprint density at radius 1 is 0.442 bits per heavy atom. The van der Waals surface area contributed by atoms with Gasteiger partial charge in [0.25, 0.3) is 0 Å². The van der Waals surface area contributed by atoms with Crippen molar-refractivity contribution in [3.8, 4) is 68.2 Å². The Morgan fingerprint density at radius 3 is 1.73 bits per heavy atom. The molecule has 52 heavy (non-hydrogen) atoms. The fourth-order valence-corrected chi connectivity index (χ4v) is 7.02. The van der Waals surface area contributed by atoms with E-state index in [2.05, 4.69) is 102 Å². The van der Waals surface area contributed by atoms with E-state index in [1.807, 2.05) is 84.9 Å². The highest BCUT2D eigenvalue weighted by Crippen LogP contribution is 2.39. The molecule has 0 saturated carbocycles. The van der Waals surface area contributed by atoms with E-state index in [0.29, 0.717) is 23.0 Å². The summed E-state index contributed by atoms with van der Waals surface area (Å²) in [4.78, 5) is 15.2. The number of hydrogen-bond donors (Lipinski definition) is 0. The molecule has 0 atom stereocenters. The van der Waals surface area contributed by atoms with Crippen molar-refractivity contribution >= 4 is 21.8 Å². The van der Waals surface area contributed by atoms with Gasteiger partial charge in [-0.1, -0.05) is 133 Å². The second kappa shape index (κ2) is 12.9. The van der Waals surface area contributed by atoms with Crippen LogP contribution in [-0.2, 0) is 0 Å². The number of fused-ring (bicyclic) bond motifs is 3. The molecule has 0 aliphatic rings. The van der Waals surface area contributed by atoms with E-state index in [-0.39, 0.29) is 0 Å². The number of nitrogens with zero attached hydrogens (tertiary/aromatic N) is 5. The Morgan fingerprint density at radius 2 is 1.04 bits per heavy atom. The Bertz CT molecular complexity index is 2740. The van der Waals surface area contributed by atoms with Gasteiger partial charge in [0, 0.05) is 33.2 Å². The largest absolute Gasteiger partial charge is 0.309 e. The molecular formula is C47H31N5. The molecule has 0 spiro atoms. The third-order valence-corrected chi connectivity index (χ3v) is 9.55. The molecule has 0 saturated heterocycles. The maximum Gasteiger partial charge on any atom is 0.164 e. The lowest BCUT2D eigenvalue weighted by Crippen LogP contribution is -2.02. The molecule has 0 amide bonds. The van der Waals surface area contributed by atoms with E-state index in [1.165, 1.54) is 27.5 Å². The summed E-state index contributed by atoms with van der Waals surface area (Å²) >= 11 is 0. The molecule has 2 aromatic heterocycles. The van der Waals surface area contributed by atoms with Crippen molar-refractivity contribution in [2.45, 2.75) is 6.92 Å². The van der Waals surface area contributed by atoms with Gasteiger partial charge in [0.2, 0.25) is 0 Å². The van der Waals surface area contributed by atoms with Gasteiger partial charge < -0.3 is 4.57 Å². The minimum atomic E-state index is 0.566. The molecule has 7 aromatic carbocycles. The van der Waals surface area contributed by atoms with Gasteiger partial charge in [-0.15, -0.1) is 0 Å². The molecule has 2 heterocycles. The van der Waals surface area contributed by atoms with Gasteiger partial charge in [-0.05, 0) is 71.6 Å². The lowest BCUT2D eigenvalue weighted by atomic mass is 9.97. The van der Waals surface area contributed by atoms with Crippen LogP contribution in [0.2, 0.25) is 0 Å². The summed E-state index contributed by atoms with van der Waals surface area (Å²) in [6.07, 6.45) is 0. The maximum atomic E-state index is 9.54. The first kappa shape index (κ1) is 30.9. The normalized spacial score (nSPS) is 11.2. The van der Waals surface area contributed by atoms with Crippen LogP contribution < -0.4 is 0 Å². The zero-order chi connectivity index (χ0) is 35.0. The van der Waals surface area contributed by atoms with Crippen LogP contribution in [0.5, 0.6) is 0 Å². The van der Waals surface area contributed by atoms with Crippen LogP contribution in [0.15, 0.2) is 170 Å². The standard InChI is InChI=1S/C47H31N5/c1-31-11-10-16-36(27-31)37-23-26-44-41(28-37)40-17-8-9-18-43(40)52(44)38-24-25-39(33-21-19-32(30-48)20-22-33)42(29-38)47-50-45(34-12-4-2-5-13-34)49-46(51-47)35-14-6-3-7-15-35/h2-29H,1H3. The second-order valence-corrected chi connectivity index (χ2v) is 12.9. The minimum absolute atomic E-state index is 0.566. The lowest BCUT2D eigenvalue weighted by molar-refractivity contribution is 1.07. The summed E-state index contributed by atoms with van der Waals surface area (Å²) in [6, 6.07) is 60.4. The van der Waals surface area contributed by atoms with Gasteiger partial charge in [0.05, 0.1) is 22.7 Å². The first-order valence-electron chi connectivity index (χ1n) is 17.3. The zero-order valence-corrected chi connectivity index (χ0v) is 28.4. The number of benzene rings is 7. The van der Waals surface area contributed by atoms with E-state index < -0.39 is 0 Å². The predicted molar refractivity (Wildman–Crippen MR) is 211 cm³/mol. The highest BCUT2D eigenvalue weighted by atomic mass is 15.0. The van der Waals surface area contributed by atoms with E-state index >= 15 is 0 Å². The average Bonchev–Trinajstić information content (AvgIpc) is 3.55. The zero-order valence-electron chi connectivity index (χ0n) is 28.4. The lowest BCUT2D eigenvalue weighted by Gasteiger charge is -2.15. The fourth-order valence-electron chi connectivity index (χ4n) is 7.02. The first-order valence-corrected chi connectivity index (χ1v) is 17.3. The Labute approximate surface area is 301 Å². The summed E-state index contributed by atoms with van der Waals surface area (Å²) in [5.41, 5.74) is 12.0. The molecule has 0 fully saturated rings. The second-order valence-electron chi connectivity index (χ2n) is 12.9. The van der Waals surface area contributed by atoms with Crippen molar-refractivity contribution in [1.82, 2.24) is 19.5 Å². The van der Waals surface area contributed by atoms with Gasteiger partial charge in [-0.2, -0.15) is 5.26 Å². The summed E-state index contributed by atoms with van der Waals surface area (Å²) in [7, 11) is 0. The van der Waals surface area contributed by atoms with Crippen LogP contribution in [-0.4, -0.2) is 19.5 Å². The monoisotopic (exact) mass is 665 g/mol. The Kier molecular flexibility index (Phi) is 7.68. The molecule has 0 N–H and O–H groups in total. The summed E-state index contributed by atoms with van der Waals surface area (Å²) in [6.45, 7) is 2.13. The van der Waals surface area contributed by atoms with Crippen LogP contribution in [0.25, 0.3) is 83.9 Å². The quantitative estimate of drug-likeness (QED) is 0.177. The number of aromatic nitrogens is 4. The van der Waals surface area contributed by atoms with Crippen molar-refractivity contribution < 1.29 is 0 Å². The molecule has 5 heteroatoms. The number of para-hydroxylation sites is 1. The topological polar surface area (TPSA) is 67.4 Å². The molecule has 0 aliphatic carbocycles. The third kappa shape index (κ3) is 5.59. The molecule has 9 aromatic rings. The summed E-state index contributed by atoms with van der Waals surface area (Å²) in [5.74, 6) is 1.76. The van der Waals surface area contributed by atoms with Crippen LogP contribution in [0.4, 0.5) is 0 Å².